The number of rotatable bonds is 0. The third kappa shape index (κ3) is 1.29. The SMILES string of the molecule is [S-]c1nc2ncc(Cl)cc2s1. The molecule has 0 aliphatic rings. The lowest BCUT2D eigenvalue weighted by atomic mass is 10.5. The number of nitrogens with zero attached hydrogens (tertiary/aromatic N) is 2. The Hall–Kier alpha value is -0.450. The highest BCUT2D eigenvalue weighted by atomic mass is 35.5. The van der Waals surface area contributed by atoms with Crippen LogP contribution in [0.15, 0.2) is 16.6 Å². The minimum absolute atomic E-state index is 0.606. The molecule has 0 aromatic carbocycles. The van der Waals surface area contributed by atoms with E-state index in [9.17, 15) is 0 Å². The van der Waals surface area contributed by atoms with E-state index in [1.165, 1.54) is 11.3 Å². The number of pyridine rings is 1. The Kier molecular flexibility index (Phi) is 1.67. The van der Waals surface area contributed by atoms with Crippen LogP contribution in [0, 0.1) is 0 Å². The molecule has 2 aromatic heterocycles. The molecule has 0 amide bonds. The van der Waals surface area contributed by atoms with Crippen LogP contribution in [0.5, 0.6) is 0 Å². The highest BCUT2D eigenvalue weighted by molar-refractivity contribution is 7.63. The second-order valence-electron chi connectivity index (χ2n) is 1.96. The van der Waals surface area contributed by atoms with Crippen molar-refractivity contribution in [1.82, 2.24) is 9.97 Å². The summed E-state index contributed by atoms with van der Waals surface area (Å²) >= 11 is 12.0. The van der Waals surface area contributed by atoms with Crippen LogP contribution in [-0.2, 0) is 12.6 Å². The van der Waals surface area contributed by atoms with Crippen LogP contribution in [0.2, 0.25) is 5.02 Å². The summed E-state index contributed by atoms with van der Waals surface area (Å²) in [5, 5.41) is 0.621. The van der Waals surface area contributed by atoms with Crippen molar-refractivity contribution in [2.75, 3.05) is 0 Å². The first-order chi connectivity index (χ1) is 5.25. The van der Waals surface area contributed by atoms with E-state index in [-0.39, 0.29) is 0 Å². The number of hydrogen-bond donors (Lipinski definition) is 0. The fourth-order valence-corrected chi connectivity index (χ4v) is 2.05. The maximum atomic E-state index is 5.71. The van der Waals surface area contributed by atoms with Crippen molar-refractivity contribution in [3.63, 3.8) is 0 Å². The molecular formula is C6H2ClN2S2-. The van der Waals surface area contributed by atoms with Crippen LogP contribution >= 0.6 is 22.9 Å². The number of hydrogen-bond acceptors (Lipinski definition) is 4. The Morgan fingerprint density at radius 3 is 3.18 bits per heavy atom. The molecule has 0 aliphatic carbocycles. The zero-order valence-electron chi connectivity index (χ0n) is 5.24. The van der Waals surface area contributed by atoms with E-state index < -0.39 is 0 Å². The lowest BCUT2D eigenvalue weighted by Gasteiger charge is -1.89. The van der Waals surface area contributed by atoms with Crippen molar-refractivity contribution in [3.8, 4) is 0 Å². The van der Waals surface area contributed by atoms with E-state index in [0.29, 0.717) is 15.0 Å². The van der Waals surface area contributed by atoms with Crippen molar-refractivity contribution in [2.24, 2.45) is 0 Å². The van der Waals surface area contributed by atoms with Crippen LogP contribution in [0.1, 0.15) is 0 Å². The van der Waals surface area contributed by atoms with Crippen LogP contribution in [0.4, 0.5) is 0 Å². The van der Waals surface area contributed by atoms with Gasteiger partial charge in [-0.05, 0) is 15.1 Å². The maximum Gasteiger partial charge on any atom is 0.149 e. The van der Waals surface area contributed by atoms with Gasteiger partial charge in [0.05, 0.1) is 5.02 Å². The van der Waals surface area contributed by atoms with Crippen LogP contribution in [0.25, 0.3) is 10.3 Å². The predicted octanol–water partition coefficient (Wildman–Crippen LogP) is 2.25. The molecule has 2 nitrogen and oxygen atoms in total. The van der Waals surface area contributed by atoms with Crippen molar-refractivity contribution in [3.05, 3.63) is 17.3 Å². The lowest BCUT2D eigenvalue weighted by Crippen LogP contribution is -1.74. The molecule has 0 unspecified atom stereocenters. The minimum Gasteiger partial charge on any atom is -0.408 e. The molecule has 11 heavy (non-hydrogen) atoms. The number of halogens is 1. The molecular weight excluding hydrogens is 200 g/mol. The first-order valence-electron chi connectivity index (χ1n) is 2.85. The Bertz CT molecular complexity index is 398. The van der Waals surface area contributed by atoms with Gasteiger partial charge in [0.1, 0.15) is 5.65 Å². The van der Waals surface area contributed by atoms with Gasteiger partial charge in [0.2, 0.25) is 0 Å². The van der Waals surface area contributed by atoms with E-state index in [2.05, 4.69) is 9.97 Å². The Balaban J connectivity index is 2.82. The molecule has 2 rings (SSSR count). The van der Waals surface area contributed by atoms with E-state index in [4.69, 9.17) is 24.2 Å². The van der Waals surface area contributed by atoms with Crippen LogP contribution in [0.3, 0.4) is 0 Å². The second-order valence-corrected chi connectivity index (χ2v) is 4.07. The van der Waals surface area contributed by atoms with Gasteiger partial charge in [0, 0.05) is 6.20 Å². The summed E-state index contributed by atoms with van der Waals surface area (Å²) in [6, 6.07) is 1.82. The van der Waals surface area contributed by atoms with Gasteiger partial charge in [-0.1, -0.05) is 11.6 Å². The average molecular weight is 202 g/mol. The summed E-state index contributed by atoms with van der Waals surface area (Å²) in [6.45, 7) is 0. The highest BCUT2D eigenvalue weighted by Gasteiger charge is 1.94. The molecule has 56 valence electrons. The normalized spacial score (nSPS) is 10.6. The van der Waals surface area contributed by atoms with Crippen LogP contribution in [-0.4, -0.2) is 9.97 Å². The van der Waals surface area contributed by atoms with Crippen molar-refractivity contribution in [2.45, 2.75) is 4.34 Å². The third-order valence-corrected chi connectivity index (χ3v) is 2.53. The van der Waals surface area contributed by atoms with Crippen molar-refractivity contribution < 1.29 is 0 Å². The number of fused-ring (bicyclic) bond motifs is 1. The molecule has 0 aliphatic heterocycles. The summed E-state index contributed by atoms with van der Waals surface area (Å²) in [7, 11) is 0. The van der Waals surface area contributed by atoms with Crippen molar-refractivity contribution >= 4 is 45.9 Å². The van der Waals surface area contributed by atoms with Gasteiger partial charge in [-0.25, -0.2) is 9.97 Å². The van der Waals surface area contributed by atoms with Gasteiger partial charge < -0.3 is 24.0 Å². The van der Waals surface area contributed by atoms with E-state index in [1.54, 1.807) is 6.20 Å². The Morgan fingerprint density at radius 2 is 2.36 bits per heavy atom. The fraction of sp³-hybridized carbons (Fsp3) is 0. The van der Waals surface area contributed by atoms with Gasteiger partial charge in [-0.2, -0.15) is 0 Å². The molecule has 2 heterocycles. The molecule has 2 aromatic rings. The molecule has 0 fully saturated rings. The van der Waals surface area contributed by atoms with E-state index in [0.717, 1.165) is 4.70 Å². The summed E-state index contributed by atoms with van der Waals surface area (Å²) in [6.07, 6.45) is 1.57. The summed E-state index contributed by atoms with van der Waals surface area (Å²) < 4.78 is 1.55. The fourth-order valence-electron chi connectivity index (χ4n) is 0.776. The molecule has 0 spiro atoms. The molecule has 0 atom stereocenters. The monoisotopic (exact) mass is 201 g/mol. The summed E-state index contributed by atoms with van der Waals surface area (Å²) in [5.74, 6) is 0. The van der Waals surface area contributed by atoms with Gasteiger partial charge in [-0.3, -0.25) is 0 Å². The molecule has 0 bridgehead atoms. The average Bonchev–Trinajstić information content (AvgIpc) is 2.27. The molecule has 0 saturated carbocycles. The predicted molar refractivity (Wildman–Crippen MR) is 48.1 cm³/mol. The van der Waals surface area contributed by atoms with Gasteiger partial charge >= 0.3 is 0 Å². The number of aromatic nitrogens is 2. The minimum atomic E-state index is 0.606. The molecule has 0 saturated heterocycles. The first-order valence-corrected chi connectivity index (χ1v) is 4.45. The molecule has 5 heteroatoms. The summed E-state index contributed by atoms with van der Waals surface area (Å²) in [4.78, 5) is 8.02. The van der Waals surface area contributed by atoms with Crippen LogP contribution < -0.4 is 0 Å². The van der Waals surface area contributed by atoms with Gasteiger partial charge in [-0.15, -0.1) is 0 Å². The van der Waals surface area contributed by atoms with E-state index >= 15 is 0 Å². The Morgan fingerprint density at radius 1 is 1.55 bits per heavy atom. The molecule has 0 radical (unpaired) electrons. The second kappa shape index (κ2) is 2.55. The largest absolute Gasteiger partial charge is 0.408 e. The highest BCUT2D eigenvalue weighted by Crippen LogP contribution is 2.22. The van der Waals surface area contributed by atoms with E-state index in [1.807, 2.05) is 6.07 Å². The van der Waals surface area contributed by atoms with Gasteiger partial charge in [0.15, 0.2) is 0 Å². The third-order valence-electron chi connectivity index (χ3n) is 1.19. The zero-order chi connectivity index (χ0) is 7.84. The Labute approximate surface area is 77.7 Å². The summed E-state index contributed by atoms with van der Waals surface area (Å²) in [5.41, 5.74) is 0.685. The lowest BCUT2D eigenvalue weighted by molar-refractivity contribution is 1.24. The standard InChI is InChI=1S/C6H3ClN2S2/c7-3-1-4-5(8-2-3)9-6(10)11-4/h1-2H,(H,8,9,10)/p-1. The van der Waals surface area contributed by atoms with Crippen molar-refractivity contribution in [1.29, 1.82) is 0 Å². The first kappa shape index (κ1) is 7.21. The quantitative estimate of drug-likeness (QED) is 0.612. The topological polar surface area (TPSA) is 25.8 Å². The van der Waals surface area contributed by atoms with Gasteiger partial charge in [0.25, 0.3) is 0 Å². The maximum absolute atomic E-state index is 5.71. The zero-order valence-corrected chi connectivity index (χ0v) is 7.63. The smallest absolute Gasteiger partial charge is 0.149 e. The number of thiazole rings is 1. The molecule has 0 N–H and O–H groups in total.